The number of hydrogen-bond acceptors (Lipinski definition) is 2. The fraction of sp³-hybridized carbons (Fsp3) is 0.294. The summed E-state index contributed by atoms with van der Waals surface area (Å²) >= 11 is 6.08. The normalized spacial score (nSPS) is 17.6. The highest BCUT2D eigenvalue weighted by atomic mass is 35.5. The van der Waals surface area contributed by atoms with Gasteiger partial charge in [-0.05, 0) is 36.1 Å². The van der Waals surface area contributed by atoms with Crippen LogP contribution in [0.3, 0.4) is 0 Å². The van der Waals surface area contributed by atoms with E-state index < -0.39 is 0 Å². The van der Waals surface area contributed by atoms with Gasteiger partial charge in [0, 0.05) is 11.5 Å². The summed E-state index contributed by atoms with van der Waals surface area (Å²) in [5.74, 6) is 0.684. The van der Waals surface area contributed by atoms with Gasteiger partial charge in [-0.2, -0.15) is 0 Å². The van der Waals surface area contributed by atoms with Crippen LogP contribution in [0.1, 0.15) is 30.0 Å². The van der Waals surface area contributed by atoms with Crippen LogP contribution in [0.2, 0.25) is 5.02 Å². The minimum absolute atomic E-state index is 0.0314. The minimum atomic E-state index is -0.0314. The SMILES string of the molecule is COc1cc(C(N)C2(c3ccccc3)CC2)ccc1Cl. The summed E-state index contributed by atoms with van der Waals surface area (Å²) in [6.45, 7) is 0. The fourth-order valence-corrected chi connectivity index (χ4v) is 3.07. The van der Waals surface area contributed by atoms with Gasteiger partial charge < -0.3 is 10.5 Å². The lowest BCUT2D eigenvalue weighted by atomic mass is 9.84. The van der Waals surface area contributed by atoms with Crippen LogP contribution in [0.15, 0.2) is 48.5 Å². The third-order valence-corrected chi connectivity index (χ3v) is 4.58. The number of halogens is 1. The van der Waals surface area contributed by atoms with Crippen molar-refractivity contribution < 1.29 is 4.74 Å². The van der Waals surface area contributed by atoms with Crippen LogP contribution < -0.4 is 10.5 Å². The Bertz CT molecular complexity index is 608. The van der Waals surface area contributed by atoms with Gasteiger partial charge in [0.25, 0.3) is 0 Å². The van der Waals surface area contributed by atoms with Crippen molar-refractivity contribution in [3.63, 3.8) is 0 Å². The van der Waals surface area contributed by atoms with E-state index in [1.807, 2.05) is 24.3 Å². The van der Waals surface area contributed by atoms with Crippen molar-refractivity contribution in [2.24, 2.45) is 5.73 Å². The second-order valence-electron chi connectivity index (χ2n) is 5.39. The molecule has 0 saturated heterocycles. The van der Waals surface area contributed by atoms with Gasteiger partial charge in [-0.15, -0.1) is 0 Å². The van der Waals surface area contributed by atoms with Gasteiger partial charge in [0.2, 0.25) is 0 Å². The molecule has 1 aliphatic carbocycles. The third kappa shape index (κ3) is 2.19. The third-order valence-electron chi connectivity index (χ3n) is 4.27. The molecule has 0 radical (unpaired) electrons. The Kier molecular flexibility index (Phi) is 3.45. The first-order valence-electron chi connectivity index (χ1n) is 6.82. The van der Waals surface area contributed by atoms with E-state index in [0.29, 0.717) is 10.8 Å². The number of ether oxygens (including phenoxy) is 1. The van der Waals surface area contributed by atoms with Crippen molar-refractivity contribution in [1.29, 1.82) is 0 Å². The largest absolute Gasteiger partial charge is 0.495 e. The lowest BCUT2D eigenvalue weighted by Gasteiger charge is -2.25. The average molecular weight is 288 g/mol. The van der Waals surface area contributed by atoms with E-state index in [2.05, 4.69) is 24.3 Å². The zero-order valence-corrected chi connectivity index (χ0v) is 12.2. The van der Waals surface area contributed by atoms with Crippen LogP contribution in [-0.4, -0.2) is 7.11 Å². The van der Waals surface area contributed by atoms with Crippen LogP contribution in [0, 0.1) is 0 Å². The van der Waals surface area contributed by atoms with Crippen molar-refractivity contribution in [3.05, 3.63) is 64.7 Å². The van der Waals surface area contributed by atoms with Gasteiger partial charge in [0.1, 0.15) is 5.75 Å². The molecule has 1 saturated carbocycles. The lowest BCUT2D eigenvalue weighted by Crippen LogP contribution is -2.26. The maximum Gasteiger partial charge on any atom is 0.137 e. The van der Waals surface area contributed by atoms with E-state index in [1.54, 1.807) is 7.11 Å². The van der Waals surface area contributed by atoms with Crippen LogP contribution in [0.4, 0.5) is 0 Å². The fourth-order valence-electron chi connectivity index (χ4n) is 2.87. The lowest BCUT2D eigenvalue weighted by molar-refractivity contribution is 0.413. The molecule has 1 aliphatic rings. The van der Waals surface area contributed by atoms with Crippen LogP contribution in [-0.2, 0) is 5.41 Å². The molecular formula is C17H18ClNO. The Hall–Kier alpha value is -1.51. The zero-order valence-electron chi connectivity index (χ0n) is 11.5. The summed E-state index contributed by atoms with van der Waals surface area (Å²) in [5.41, 5.74) is 9.01. The Morgan fingerprint density at radius 2 is 1.85 bits per heavy atom. The maximum atomic E-state index is 6.54. The molecule has 2 aromatic carbocycles. The topological polar surface area (TPSA) is 35.2 Å². The first-order valence-corrected chi connectivity index (χ1v) is 7.20. The maximum absolute atomic E-state index is 6.54. The highest BCUT2D eigenvalue weighted by molar-refractivity contribution is 6.32. The minimum Gasteiger partial charge on any atom is -0.495 e. The first-order chi connectivity index (χ1) is 9.67. The molecular weight excluding hydrogens is 270 g/mol. The van der Waals surface area contributed by atoms with E-state index in [0.717, 1.165) is 18.4 Å². The van der Waals surface area contributed by atoms with E-state index in [4.69, 9.17) is 22.1 Å². The Morgan fingerprint density at radius 1 is 1.15 bits per heavy atom. The monoisotopic (exact) mass is 287 g/mol. The quantitative estimate of drug-likeness (QED) is 0.919. The molecule has 104 valence electrons. The number of rotatable bonds is 4. The molecule has 3 rings (SSSR count). The number of nitrogens with two attached hydrogens (primary N) is 1. The Balaban J connectivity index is 1.95. The van der Waals surface area contributed by atoms with Gasteiger partial charge in [-0.1, -0.05) is 48.0 Å². The van der Waals surface area contributed by atoms with Crippen LogP contribution in [0.5, 0.6) is 5.75 Å². The molecule has 0 aliphatic heterocycles. The summed E-state index contributed by atoms with van der Waals surface area (Å²) in [7, 11) is 1.63. The number of benzene rings is 2. The van der Waals surface area contributed by atoms with Crippen molar-refractivity contribution in [2.75, 3.05) is 7.11 Å². The molecule has 1 unspecified atom stereocenters. The standard InChI is InChI=1S/C17H18ClNO/c1-20-15-11-12(7-8-14(15)18)16(19)17(9-10-17)13-5-3-2-4-6-13/h2-8,11,16H,9-10,19H2,1H3. The smallest absolute Gasteiger partial charge is 0.137 e. The van der Waals surface area contributed by atoms with Crippen LogP contribution >= 0.6 is 11.6 Å². The van der Waals surface area contributed by atoms with Crippen molar-refractivity contribution in [2.45, 2.75) is 24.3 Å². The average Bonchev–Trinajstić information content (AvgIpc) is 3.30. The molecule has 0 bridgehead atoms. The van der Waals surface area contributed by atoms with Gasteiger partial charge in [-0.3, -0.25) is 0 Å². The van der Waals surface area contributed by atoms with Gasteiger partial charge >= 0.3 is 0 Å². The predicted octanol–water partition coefficient (Wildman–Crippen LogP) is 4.08. The summed E-state index contributed by atoms with van der Waals surface area (Å²) in [6, 6.07) is 16.3. The summed E-state index contributed by atoms with van der Waals surface area (Å²) in [4.78, 5) is 0. The second-order valence-corrected chi connectivity index (χ2v) is 5.80. The Morgan fingerprint density at radius 3 is 2.45 bits per heavy atom. The van der Waals surface area contributed by atoms with E-state index in [9.17, 15) is 0 Å². The van der Waals surface area contributed by atoms with E-state index in [-0.39, 0.29) is 11.5 Å². The molecule has 0 spiro atoms. The van der Waals surface area contributed by atoms with Crippen molar-refractivity contribution >= 4 is 11.6 Å². The van der Waals surface area contributed by atoms with Gasteiger partial charge in [0.15, 0.2) is 0 Å². The summed E-state index contributed by atoms with van der Waals surface area (Å²) in [5, 5.41) is 0.619. The van der Waals surface area contributed by atoms with Gasteiger partial charge in [0.05, 0.1) is 12.1 Å². The molecule has 20 heavy (non-hydrogen) atoms. The number of hydrogen-bond donors (Lipinski definition) is 1. The van der Waals surface area contributed by atoms with E-state index in [1.165, 1.54) is 5.56 Å². The highest BCUT2D eigenvalue weighted by Gasteiger charge is 2.49. The first kappa shape index (κ1) is 13.5. The molecule has 0 heterocycles. The van der Waals surface area contributed by atoms with Crippen molar-refractivity contribution in [1.82, 2.24) is 0 Å². The highest BCUT2D eigenvalue weighted by Crippen LogP contribution is 2.55. The van der Waals surface area contributed by atoms with Crippen molar-refractivity contribution in [3.8, 4) is 5.75 Å². The number of methoxy groups -OCH3 is 1. The molecule has 2 N–H and O–H groups in total. The second kappa shape index (κ2) is 5.12. The van der Waals surface area contributed by atoms with Crippen LogP contribution in [0.25, 0.3) is 0 Å². The summed E-state index contributed by atoms with van der Waals surface area (Å²) < 4.78 is 5.29. The molecule has 3 heteroatoms. The molecule has 1 fully saturated rings. The summed E-state index contributed by atoms with van der Waals surface area (Å²) in [6.07, 6.45) is 2.26. The predicted molar refractivity (Wildman–Crippen MR) is 82.3 cm³/mol. The molecule has 1 atom stereocenters. The molecule has 0 amide bonds. The molecule has 2 aromatic rings. The molecule has 2 nitrogen and oxygen atoms in total. The zero-order chi connectivity index (χ0) is 14.2. The van der Waals surface area contributed by atoms with E-state index >= 15 is 0 Å². The Labute approximate surface area is 124 Å². The molecule has 0 aromatic heterocycles. The van der Waals surface area contributed by atoms with Gasteiger partial charge in [-0.25, -0.2) is 0 Å².